The van der Waals surface area contributed by atoms with Crippen LogP contribution in [0.3, 0.4) is 0 Å². The Bertz CT molecular complexity index is 3130. The smallest absolute Gasteiger partial charge is 0.164 e. The highest BCUT2D eigenvalue weighted by Gasteiger charge is 2.22. The molecular formula is C51H32N4O. The number of nitrogens with zero attached hydrogens (tertiary/aromatic N) is 4. The van der Waals surface area contributed by atoms with Gasteiger partial charge < -0.3 is 8.98 Å². The Balaban J connectivity index is 1.16. The second-order valence-corrected chi connectivity index (χ2v) is 14.0. The molecule has 5 nitrogen and oxygen atoms in total. The van der Waals surface area contributed by atoms with Gasteiger partial charge in [0, 0.05) is 49.5 Å². The van der Waals surface area contributed by atoms with Gasteiger partial charge in [-0.05, 0) is 53.1 Å². The van der Waals surface area contributed by atoms with Crippen molar-refractivity contribution in [2.24, 2.45) is 0 Å². The first-order chi connectivity index (χ1) is 27.8. The van der Waals surface area contributed by atoms with E-state index in [0.29, 0.717) is 17.5 Å². The summed E-state index contributed by atoms with van der Waals surface area (Å²) in [5.41, 5.74) is 11.9. The molecule has 56 heavy (non-hydrogen) atoms. The zero-order valence-electron chi connectivity index (χ0n) is 30.2. The Hall–Kier alpha value is -7.63. The maximum Gasteiger partial charge on any atom is 0.164 e. The van der Waals surface area contributed by atoms with Crippen LogP contribution in [0.4, 0.5) is 0 Å². The first-order valence-corrected chi connectivity index (χ1v) is 18.8. The summed E-state index contributed by atoms with van der Waals surface area (Å²) in [6.45, 7) is 0. The second kappa shape index (κ2) is 13.0. The van der Waals surface area contributed by atoms with Crippen molar-refractivity contribution >= 4 is 43.7 Å². The van der Waals surface area contributed by atoms with E-state index in [1.54, 1.807) is 0 Å². The van der Waals surface area contributed by atoms with Crippen molar-refractivity contribution < 1.29 is 4.42 Å². The summed E-state index contributed by atoms with van der Waals surface area (Å²) in [5, 5.41) is 4.43. The van der Waals surface area contributed by atoms with E-state index in [-0.39, 0.29) is 0 Å². The maximum atomic E-state index is 6.99. The van der Waals surface area contributed by atoms with Gasteiger partial charge in [-0.25, -0.2) is 15.0 Å². The summed E-state index contributed by atoms with van der Waals surface area (Å²) in [7, 11) is 0. The third-order valence-electron chi connectivity index (χ3n) is 10.6. The average Bonchev–Trinajstić information content (AvgIpc) is 3.83. The molecule has 0 radical (unpaired) electrons. The fourth-order valence-electron chi connectivity index (χ4n) is 8.07. The quantitative estimate of drug-likeness (QED) is 0.172. The van der Waals surface area contributed by atoms with Gasteiger partial charge in [0.05, 0.1) is 11.0 Å². The molecule has 8 aromatic carbocycles. The van der Waals surface area contributed by atoms with Crippen LogP contribution in [0.5, 0.6) is 0 Å². The summed E-state index contributed by atoms with van der Waals surface area (Å²) >= 11 is 0. The summed E-state index contributed by atoms with van der Waals surface area (Å²) in [6, 6.07) is 67.3. The van der Waals surface area contributed by atoms with E-state index in [1.165, 1.54) is 21.8 Å². The van der Waals surface area contributed by atoms with Gasteiger partial charge in [-0.15, -0.1) is 0 Å². The zero-order valence-corrected chi connectivity index (χ0v) is 30.2. The number of aromatic nitrogens is 4. The molecule has 0 bridgehead atoms. The van der Waals surface area contributed by atoms with Crippen LogP contribution in [0.2, 0.25) is 0 Å². The number of benzene rings is 8. The largest absolute Gasteiger partial charge is 0.455 e. The van der Waals surface area contributed by atoms with Crippen LogP contribution >= 0.6 is 0 Å². The maximum absolute atomic E-state index is 6.99. The molecule has 262 valence electrons. The van der Waals surface area contributed by atoms with Gasteiger partial charge in [-0.2, -0.15) is 0 Å². The van der Waals surface area contributed by atoms with Crippen molar-refractivity contribution in [3.05, 3.63) is 194 Å². The summed E-state index contributed by atoms with van der Waals surface area (Å²) in [5.74, 6) is 1.81. The highest BCUT2D eigenvalue weighted by Crippen LogP contribution is 2.43. The summed E-state index contributed by atoms with van der Waals surface area (Å²) < 4.78 is 9.34. The molecule has 0 spiro atoms. The molecule has 0 fully saturated rings. The van der Waals surface area contributed by atoms with Crippen molar-refractivity contribution in [2.45, 2.75) is 0 Å². The van der Waals surface area contributed by atoms with Crippen LogP contribution in [0, 0.1) is 0 Å². The van der Waals surface area contributed by atoms with Gasteiger partial charge in [0.15, 0.2) is 17.5 Å². The fourth-order valence-corrected chi connectivity index (χ4v) is 8.07. The molecule has 0 amide bonds. The third kappa shape index (κ3) is 5.29. The van der Waals surface area contributed by atoms with Crippen LogP contribution in [0.25, 0.3) is 106 Å². The van der Waals surface area contributed by atoms with Crippen LogP contribution in [-0.2, 0) is 0 Å². The summed E-state index contributed by atoms with van der Waals surface area (Å²) in [6.07, 6.45) is 0. The van der Waals surface area contributed by atoms with E-state index >= 15 is 0 Å². The van der Waals surface area contributed by atoms with Gasteiger partial charge >= 0.3 is 0 Å². The number of hydrogen-bond acceptors (Lipinski definition) is 4. The summed E-state index contributed by atoms with van der Waals surface area (Å²) in [4.78, 5) is 15.3. The van der Waals surface area contributed by atoms with E-state index < -0.39 is 0 Å². The van der Waals surface area contributed by atoms with Gasteiger partial charge in [-0.1, -0.05) is 158 Å². The molecule has 5 heteroatoms. The van der Waals surface area contributed by atoms with E-state index in [4.69, 9.17) is 19.4 Å². The Morgan fingerprint density at radius 3 is 1.52 bits per heavy atom. The van der Waals surface area contributed by atoms with Crippen molar-refractivity contribution in [1.82, 2.24) is 19.5 Å². The number of hydrogen-bond donors (Lipinski definition) is 0. The van der Waals surface area contributed by atoms with Crippen molar-refractivity contribution in [3.63, 3.8) is 0 Å². The SMILES string of the molecule is c1ccc(-c2cc(-c3nc(-c4ccccc4)nc(-c4ccccc4)n3)c3c(c2)oc2c(-c4cccc(-n5c6ccccc6c6ccccc65)c4)cccc23)cc1. The Kier molecular flexibility index (Phi) is 7.42. The first kappa shape index (κ1) is 31.9. The number of para-hydroxylation sites is 3. The van der Waals surface area contributed by atoms with Gasteiger partial charge in [0.1, 0.15) is 11.2 Å². The van der Waals surface area contributed by atoms with Crippen molar-refractivity contribution in [2.75, 3.05) is 0 Å². The van der Waals surface area contributed by atoms with Gasteiger partial charge in [0.25, 0.3) is 0 Å². The molecular weight excluding hydrogens is 685 g/mol. The molecule has 0 N–H and O–H groups in total. The van der Waals surface area contributed by atoms with E-state index in [0.717, 1.165) is 66.6 Å². The Morgan fingerprint density at radius 2 is 0.875 bits per heavy atom. The lowest BCUT2D eigenvalue weighted by molar-refractivity contribution is 0.670. The molecule has 11 aromatic rings. The zero-order chi connectivity index (χ0) is 37.0. The van der Waals surface area contributed by atoms with Crippen LogP contribution in [-0.4, -0.2) is 19.5 Å². The molecule has 0 saturated carbocycles. The standard InChI is InChI=1S/C51H32N4O/c1-4-16-33(17-5-1)37-31-43(51-53-49(34-18-6-2-7-19-34)52-50(54-51)35-20-8-3-9-21-35)47-42-27-15-26-39(48(42)56-46(47)32-37)36-22-14-23-38(30-36)55-44-28-12-10-24-40(44)41-25-11-13-29-45(41)55/h1-32H. The van der Waals surface area contributed by atoms with Gasteiger partial charge in [0.2, 0.25) is 0 Å². The molecule has 3 aromatic heterocycles. The number of furan rings is 1. The van der Waals surface area contributed by atoms with Gasteiger partial charge in [-0.3, -0.25) is 0 Å². The molecule has 0 aliphatic carbocycles. The molecule has 0 unspecified atom stereocenters. The molecule has 3 heterocycles. The van der Waals surface area contributed by atoms with Crippen LogP contribution < -0.4 is 0 Å². The highest BCUT2D eigenvalue weighted by molar-refractivity contribution is 6.16. The molecule has 0 saturated heterocycles. The highest BCUT2D eigenvalue weighted by atomic mass is 16.3. The topological polar surface area (TPSA) is 56.7 Å². The monoisotopic (exact) mass is 716 g/mol. The van der Waals surface area contributed by atoms with Crippen LogP contribution in [0.1, 0.15) is 0 Å². The lowest BCUT2D eigenvalue weighted by atomic mass is 9.96. The van der Waals surface area contributed by atoms with E-state index in [1.807, 2.05) is 66.7 Å². The lowest BCUT2D eigenvalue weighted by Gasteiger charge is -2.11. The predicted octanol–water partition coefficient (Wildman–Crippen LogP) is 13.2. The molecule has 0 atom stereocenters. The first-order valence-electron chi connectivity index (χ1n) is 18.8. The Morgan fingerprint density at radius 1 is 0.357 bits per heavy atom. The fraction of sp³-hybridized carbons (Fsp3) is 0. The van der Waals surface area contributed by atoms with Crippen molar-refractivity contribution in [1.29, 1.82) is 0 Å². The van der Waals surface area contributed by atoms with E-state index in [9.17, 15) is 0 Å². The lowest BCUT2D eigenvalue weighted by Crippen LogP contribution is -2.00. The number of fused-ring (bicyclic) bond motifs is 6. The number of rotatable bonds is 6. The third-order valence-corrected chi connectivity index (χ3v) is 10.6. The van der Waals surface area contributed by atoms with Crippen LogP contribution in [0.15, 0.2) is 199 Å². The Labute approximate surface area is 322 Å². The second-order valence-electron chi connectivity index (χ2n) is 14.0. The van der Waals surface area contributed by atoms with E-state index in [2.05, 4.69) is 132 Å². The molecule has 0 aliphatic heterocycles. The molecule has 11 rings (SSSR count). The minimum Gasteiger partial charge on any atom is -0.455 e. The van der Waals surface area contributed by atoms with Crippen molar-refractivity contribution in [3.8, 4) is 62.1 Å². The average molecular weight is 717 g/mol. The minimum atomic E-state index is 0.585. The minimum absolute atomic E-state index is 0.585. The molecule has 0 aliphatic rings. The normalized spacial score (nSPS) is 11.6. The predicted molar refractivity (Wildman–Crippen MR) is 229 cm³/mol.